The minimum atomic E-state index is -0.273. The smallest absolute Gasteiger partial charge is 0.269 e. The maximum Gasteiger partial charge on any atom is 0.269 e. The van der Waals surface area contributed by atoms with Gasteiger partial charge in [0.25, 0.3) is 5.91 Å². The van der Waals surface area contributed by atoms with Gasteiger partial charge < -0.3 is 5.32 Å². The zero-order chi connectivity index (χ0) is 12.0. The second-order valence-corrected chi connectivity index (χ2v) is 2.81. The quantitative estimate of drug-likeness (QED) is 0.604. The van der Waals surface area contributed by atoms with Crippen molar-refractivity contribution in [3.8, 4) is 0 Å². The molecule has 0 aliphatic heterocycles. The molecule has 1 heterocycles. The first-order valence-electron chi connectivity index (χ1n) is 4.57. The number of rotatable bonds is 4. The summed E-state index contributed by atoms with van der Waals surface area (Å²) in [6, 6.07) is 1.54. The van der Waals surface area contributed by atoms with Crippen molar-refractivity contribution in [2.75, 3.05) is 7.05 Å². The molecule has 1 aromatic rings. The van der Waals surface area contributed by atoms with Gasteiger partial charge in [0.15, 0.2) is 0 Å². The molecule has 0 spiro atoms. The van der Waals surface area contributed by atoms with Gasteiger partial charge in [-0.2, -0.15) is 0 Å². The molecule has 0 atom stereocenters. The standard InChI is InChI=1S/C11H12N4O/c1-4-5-8(12-2)9-6-10(11(16)13-3)15-7-14-9/h4-7H,1-2H2,3H3,(H,13,16)/b8-5-. The molecule has 0 aliphatic carbocycles. The van der Waals surface area contributed by atoms with Crippen LogP contribution in [0.3, 0.4) is 0 Å². The van der Waals surface area contributed by atoms with E-state index in [4.69, 9.17) is 0 Å². The molecule has 1 rings (SSSR count). The number of aromatic nitrogens is 2. The fourth-order valence-electron chi connectivity index (χ4n) is 1.08. The molecule has 82 valence electrons. The maximum atomic E-state index is 11.3. The molecule has 5 heteroatoms. The van der Waals surface area contributed by atoms with Crippen molar-refractivity contribution in [3.05, 3.63) is 42.5 Å². The number of carbonyl (C=O) groups is 1. The van der Waals surface area contributed by atoms with Crippen LogP contribution >= 0.6 is 0 Å². The molecular formula is C11H12N4O. The van der Waals surface area contributed by atoms with E-state index in [9.17, 15) is 4.79 Å². The van der Waals surface area contributed by atoms with E-state index in [1.165, 1.54) is 13.4 Å². The number of allylic oxidation sites excluding steroid dienone is 2. The Hall–Kier alpha value is -2.30. The monoisotopic (exact) mass is 216 g/mol. The molecule has 1 amide bonds. The average molecular weight is 216 g/mol. The Morgan fingerprint density at radius 1 is 1.50 bits per heavy atom. The van der Waals surface area contributed by atoms with E-state index in [-0.39, 0.29) is 11.6 Å². The van der Waals surface area contributed by atoms with Gasteiger partial charge in [0, 0.05) is 7.05 Å². The Kier molecular flexibility index (Phi) is 4.08. The lowest BCUT2D eigenvalue weighted by molar-refractivity contribution is 0.0958. The summed E-state index contributed by atoms with van der Waals surface area (Å²) in [7, 11) is 1.54. The molecule has 0 fully saturated rings. The molecular weight excluding hydrogens is 204 g/mol. The van der Waals surface area contributed by atoms with Crippen molar-refractivity contribution in [1.82, 2.24) is 15.3 Å². The van der Waals surface area contributed by atoms with Crippen molar-refractivity contribution in [3.63, 3.8) is 0 Å². The van der Waals surface area contributed by atoms with Gasteiger partial charge >= 0.3 is 0 Å². The summed E-state index contributed by atoms with van der Waals surface area (Å²) in [6.07, 6.45) is 4.54. The Bertz CT molecular complexity index is 451. The van der Waals surface area contributed by atoms with Gasteiger partial charge in [-0.05, 0) is 18.9 Å². The van der Waals surface area contributed by atoms with Crippen LogP contribution < -0.4 is 5.32 Å². The number of hydrogen-bond donors (Lipinski definition) is 1. The number of carbonyl (C=O) groups excluding carboxylic acids is 1. The summed E-state index contributed by atoms with van der Waals surface area (Å²) in [5, 5.41) is 2.48. The molecule has 0 saturated heterocycles. The predicted octanol–water partition coefficient (Wildman–Crippen LogP) is 1.06. The molecule has 0 aliphatic rings. The third-order valence-corrected chi connectivity index (χ3v) is 1.84. The van der Waals surface area contributed by atoms with E-state index in [1.807, 2.05) is 0 Å². The fourth-order valence-corrected chi connectivity index (χ4v) is 1.08. The van der Waals surface area contributed by atoms with Crippen molar-refractivity contribution in [2.45, 2.75) is 0 Å². The topological polar surface area (TPSA) is 67.2 Å². The second-order valence-electron chi connectivity index (χ2n) is 2.81. The minimum absolute atomic E-state index is 0.273. The lowest BCUT2D eigenvalue weighted by Gasteiger charge is -2.02. The van der Waals surface area contributed by atoms with Crippen molar-refractivity contribution in [1.29, 1.82) is 0 Å². The first-order valence-corrected chi connectivity index (χ1v) is 4.57. The number of aliphatic imine (C=N–C) groups is 1. The molecule has 5 nitrogen and oxygen atoms in total. The van der Waals surface area contributed by atoms with Crippen LogP contribution in [0.1, 0.15) is 16.2 Å². The van der Waals surface area contributed by atoms with Gasteiger partial charge in [0.1, 0.15) is 12.0 Å². The highest BCUT2D eigenvalue weighted by Gasteiger charge is 2.08. The maximum absolute atomic E-state index is 11.3. The third kappa shape index (κ3) is 2.60. The average Bonchev–Trinajstić information content (AvgIpc) is 2.35. The van der Waals surface area contributed by atoms with E-state index in [0.717, 1.165) is 0 Å². The molecule has 1 aromatic heterocycles. The molecule has 0 unspecified atom stereocenters. The van der Waals surface area contributed by atoms with Crippen molar-refractivity contribution >= 4 is 18.3 Å². The summed E-state index contributed by atoms with van der Waals surface area (Å²) in [6.45, 7) is 6.98. The van der Waals surface area contributed by atoms with Crippen LogP contribution in [0.4, 0.5) is 0 Å². The Labute approximate surface area is 93.7 Å². The Morgan fingerprint density at radius 3 is 2.75 bits per heavy atom. The van der Waals surface area contributed by atoms with E-state index >= 15 is 0 Å². The SMILES string of the molecule is C=C/C=C(\N=C)c1cc(C(=O)NC)ncn1. The van der Waals surface area contributed by atoms with Crippen LogP contribution in [0, 0.1) is 0 Å². The van der Waals surface area contributed by atoms with E-state index in [1.54, 1.807) is 18.2 Å². The number of amides is 1. The Morgan fingerprint density at radius 2 is 2.19 bits per heavy atom. The molecule has 0 aromatic carbocycles. The summed E-state index contributed by atoms with van der Waals surface area (Å²) in [5.41, 5.74) is 1.36. The number of nitrogens with one attached hydrogen (secondary N) is 1. The largest absolute Gasteiger partial charge is 0.354 e. The van der Waals surface area contributed by atoms with Gasteiger partial charge in [0.05, 0.1) is 11.4 Å². The number of hydrogen-bond acceptors (Lipinski definition) is 4. The van der Waals surface area contributed by atoms with Crippen LogP contribution in [0.25, 0.3) is 5.70 Å². The van der Waals surface area contributed by atoms with Crippen LogP contribution in [0.2, 0.25) is 0 Å². The predicted molar refractivity (Wildman–Crippen MR) is 63.1 cm³/mol. The highest BCUT2D eigenvalue weighted by Crippen LogP contribution is 2.12. The molecule has 0 saturated carbocycles. The normalized spacial score (nSPS) is 10.7. The first kappa shape index (κ1) is 11.8. The van der Waals surface area contributed by atoms with E-state index in [2.05, 4.69) is 33.6 Å². The summed E-state index contributed by atoms with van der Waals surface area (Å²) >= 11 is 0. The van der Waals surface area contributed by atoms with Gasteiger partial charge in [-0.15, -0.1) is 0 Å². The van der Waals surface area contributed by atoms with Gasteiger partial charge in [-0.1, -0.05) is 12.7 Å². The summed E-state index contributed by atoms with van der Waals surface area (Å²) < 4.78 is 0. The molecule has 0 bridgehead atoms. The Balaban J connectivity index is 3.16. The highest BCUT2D eigenvalue weighted by molar-refractivity contribution is 5.92. The van der Waals surface area contributed by atoms with Crippen LogP contribution in [-0.4, -0.2) is 29.6 Å². The summed E-state index contributed by atoms with van der Waals surface area (Å²) in [5.74, 6) is -0.273. The van der Waals surface area contributed by atoms with Crippen molar-refractivity contribution in [2.24, 2.45) is 4.99 Å². The zero-order valence-electron chi connectivity index (χ0n) is 8.97. The second kappa shape index (κ2) is 5.55. The first-order chi connectivity index (χ1) is 7.72. The molecule has 16 heavy (non-hydrogen) atoms. The highest BCUT2D eigenvalue weighted by atomic mass is 16.1. The third-order valence-electron chi connectivity index (χ3n) is 1.84. The van der Waals surface area contributed by atoms with Crippen molar-refractivity contribution < 1.29 is 4.79 Å². The zero-order valence-corrected chi connectivity index (χ0v) is 8.97. The lowest BCUT2D eigenvalue weighted by Crippen LogP contribution is -2.19. The van der Waals surface area contributed by atoms with Crippen LogP contribution in [0.5, 0.6) is 0 Å². The van der Waals surface area contributed by atoms with E-state index in [0.29, 0.717) is 11.4 Å². The summed E-state index contributed by atoms with van der Waals surface area (Å²) in [4.78, 5) is 23.0. The lowest BCUT2D eigenvalue weighted by atomic mass is 10.2. The van der Waals surface area contributed by atoms with Crippen LogP contribution in [-0.2, 0) is 0 Å². The molecule has 0 radical (unpaired) electrons. The minimum Gasteiger partial charge on any atom is -0.354 e. The van der Waals surface area contributed by atoms with E-state index < -0.39 is 0 Å². The van der Waals surface area contributed by atoms with Crippen LogP contribution in [0.15, 0.2) is 36.1 Å². The van der Waals surface area contributed by atoms with Gasteiger partial charge in [0.2, 0.25) is 0 Å². The molecule has 1 N–H and O–H groups in total. The van der Waals surface area contributed by atoms with Gasteiger partial charge in [-0.25, -0.2) is 9.97 Å². The number of nitrogens with zero attached hydrogens (tertiary/aromatic N) is 3. The fraction of sp³-hybridized carbons (Fsp3) is 0.0909. The van der Waals surface area contributed by atoms with Gasteiger partial charge in [-0.3, -0.25) is 9.79 Å².